The average molecular weight is 337 g/mol. The predicted molar refractivity (Wildman–Crippen MR) is 96.5 cm³/mol. The Kier molecular flexibility index (Phi) is 3.80. The van der Waals surface area contributed by atoms with Crippen LogP contribution in [0.5, 0.6) is 11.5 Å². The zero-order chi connectivity index (χ0) is 17.4. The summed E-state index contributed by atoms with van der Waals surface area (Å²) in [5, 5.41) is 0.637. The first-order valence-electron chi connectivity index (χ1n) is 8.18. The van der Waals surface area contributed by atoms with Crippen molar-refractivity contribution >= 4 is 16.6 Å². The number of rotatable bonds is 3. The Bertz CT molecular complexity index is 997. The van der Waals surface area contributed by atoms with Crippen LogP contribution in [0, 0.1) is 0 Å². The van der Waals surface area contributed by atoms with Crippen LogP contribution in [0.15, 0.2) is 47.3 Å². The van der Waals surface area contributed by atoms with E-state index < -0.39 is 0 Å². The van der Waals surface area contributed by atoms with Crippen LogP contribution in [0.4, 0.5) is 5.69 Å². The molecule has 1 aliphatic rings. The van der Waals surface area contributed by atoms with Gasteiger partial charge < -0.3 is 14.4 Å². The zero-order valence-electron chi connectivity index (χ0n) is 14.2. The Hall–Kier alpha value is -3.02. The fraction of sp³-hybridized carbons (Fsp3) is 0.263. The van der Waals surface area contributed by atoms with Crippen molar-refractivity contribution in [2.45, 2.75) is 6.54 Å². The van der Waals surface area contributed by atoms with Crippen LogP contribution in [0.2, 0.25) is 0 Å². The van der Waals surface area contributed by atoms with Gasteiger partial charge in [0.25, 0.3) is 5.56 Å². The number of nitrogens with zero attached hydrogens (tertiary/aromatic N) is 3. The molecule has 3 aromatic rings. The molecule has 25 heavy (non-hydrogen) atoms. The lowest BCUT2D eigenvalue weighted by atomic mass is 10.2. The highest BCUT2D eigenvalue weighted by atomic mass is 16.5. The van der Waals surface area contributed by atoms with Crippen LogP contribution in [-0.2, 0) is 13.6 Å². The van der Waals surface area contributed by atoms with Crippen LogP contribution in [0.1, 0.15) is 5.82 Å². The maximum atomic E-state index is 12.6. The minimum Gasteiger partial charge on any atom is -0.497 e. The van der Waals surface area contributed by atoms with Crippen molar-refractivity contribution in [2.24, 2.45) is 7.05 Å². The summed E-state index contributed by atoms with van der Waals surface area (Å²) in [6.07, 6.45) is 0. The SMILES string of the molecule is COc1ccc2c(c1)N(Cc1nc3ccccc3c(=O)n1C)CCO2. The topological polar surface area (TPSA) is 56.6 Å². The van der Waals surface area contributed by atoms with Gasteiger partial charge in [-0.1, -0.05) is 12.1 Å². The molecule has 0 radical (unpaired) electrons. The third kappa shape index (κ3) is 2.69. The molecule has 0 aliphatic carbocycles. The molecule has 1 aliphatic heterocycles. The fourth-order valence-electron chi connectivity index (χ4n) is 3.12. The summed E-state index contributed by atoms with van der Waals surface area (Å²) in [5.41, 5.74) is 1.65. The molecule has 0 bridgehead atoms. The van der Waals surface area contributed by atoms with E-state index in [2.05, 4.69) is 4.90 Å². The van der Waals surface area contributed by atoms with Crippen molar-refractivity contribution in [1.29, 1.82) is 0 Å². The molecule has 0 unspecified atom stereocenters. The van der Waals surface area contributed by atoms with Crippen molar-refractivity contribution in [1.82, 2.24) is 9.55 Å². The summed E-state index contributed by atoms with van der Waals surface area (Å²) in [5.74, 6) is 2.31. The van der Waals surface area contributed by atoms with E-state index >= 15 is 0 Å². The van der Waals surface area contributed by atoms with Crippen molar-refractivity contribution < 1.29 is 9.47 Å². The first-order valence-corrected chi connectivity index (χ1v) is 8.18. The molecule has 0 saturated carbocycles. The molecule has 2 aromatic carbocycles. The number of anilines is 1. The molecule has 4 rings (SSSR count). The zero-order valence-corrected chi connectivity index (χ0v) is 14.2. The second-order valence-electron chi connectivity index (χ2n) is 6.01. The quantitative estimate of drug-likeness (QED) is 0.734. The van der Waals surface area contributed by atoms with Crippen molar-refractivity contribution in [3.63, 3.8) is 0 Å². The van der Waals surface area contributed by atoms with Gasteiger partial charge in [-0.05, 0) is 24.3 Å². The maximum Gasteiger partial charge on any atom is 0.261 e. The number of aromatic nitrogens is 2. The van der Waals surface area contributed by atoms with Crippen LogP contribution in [0.25, 0.3) is 10.9 Å². The van der Waals surface area contributed by atoms with E-state index in [9.17, 15) is 4.79 Å². The van der Waals surface area contributed by atoms with Gasteiger partial charge >= 0.3 is 0 Å². The molecule has 0 saturated heterocycles. The van der Waals surface area contributed by atoms with Crippen LogP contribution >= 0.6 is 0 Å². The lowest BCUT2D eigenvalue weighted by Gasteiger charge is -2.31. The molecule has 2 heterocycles. The Labute approximate surface area is 145 Å². The van der Waals surface area contributed by atoms with Gasteiger partial charge in [-0.15, -0.1) is 0 Å². The molecule has 0 amide bonds. The first-order chi connectivity index (χ1) is 12.2. The van der Waals surface area contributed by atoms with E-state index in [-0.39, 0.29) is 5.56 Å². The summed E-state index contributed by atoms with van der Waals surface area (Å²) >= 11 is 0. The van der Waals surface area contributed by atoms with Crippen LogP contribution in [0.3, 0.4) is 0 Å². The highest BCUT2D eigenvalue weighted by molar-refractivity contribution is 5.77. The molecule has 0 spiro atoms. The Morgan fingerprint density at radius 2 is 2.08 bits per heavy atom. The first kappa shape index (κ1) is 15.5. The monoisotopic (exact) mass is 337 g/mol. The normalized spacial score (nSPS) is 13.4. The number of ether oxygens (including phenoxy) is 2. The van der Waals surface area contributed by atoms with E-state index in [4.69, 9.17) is 14.5 Å². The van der Waals surface area contributed by atoms with E-state index in [1.807, 2.05) is 42.5 Å². The lowest BCUT2D eigenvalue weighted by Crippen LogP contribution is -2.35. The lowest BCUT2D eigenvalue weighted by molar-refractivity contribution is 0.305. The van der Waals surface area contributed by atoms with Crippen molar-refractivity contribution in [3.8, 4) is 11.5 Å². The van der Waals surface area contributed by atoms with Gasteiger partial charge in [0.1, 0.15) is 23.9 Å². The maximum absolute atomic E-state index is 12.6. The third-order valence-corrected chi connectivity index (χ3v) is 4.53. The fourth-order valence-corrected chi connectivity index (χ4v) is 3.12. The van der Waals surface area contributed by atoms with Gasteiger partial charge in [-0.2, -0.15) is 0 Å². The number of benzene rings is 2. The van der Waals surface area contributed by atoms with Gasteiger partial charge in [0.15, 0.2) is 0 Å². The van der Waals surface area contributed by atoms with E-state index in [1.54, 1.807) is 18.7 Å². The standard InChI is InChI=1S/C19H19N3O3/c1-21-18(20-15-6-4-3-5-14(15)19(21)23)12-22-9-10-25-17-8-7-13(24-2)11-16(17)22/h3-8,11H,9-10,12H2,1-2H3. The third-order valence-electron chi connectivity index (χ3n) is 4.53. The van der Waals surface area contributed by atoms with E-state index in [0.29, 0.717) is 18.5 Å². The molecule has 6 nitrogen and oxygen atoms in total. The minimum atomic E-state index is -0.0280. The molecule has 0 N–H and O–H groups in total. The molecule has 6 heteroatoms. The Morgan fingerprint density at radius 3 is 2.92 bits per heavy atom. The second kappa shape index (κ2) is 6.12. The molecule has 0 atom stereocenters. The van der Waals surface area contributed by atoms with Gasteiger partial charge in [0.05, 0.1) is 36.8 Å². The highest BCUT2D eigenvalue weighted by Gasteiger charge is 2.21. The number of fused-ring (bicyclic) bond motifs is 2. The van der Waals surface area contributed by atoms with Crippen LogP contribution in [-0.4, -0.2) is 29.8 Å². The predicted octanol–water partition coefficient (Wildman–Crippen LogP) is 2.34. The number of para-hydroxylation sites is 1. The minimum absolute atomic E-state index is 0.0280. The molecule has 128 valence electrons. The summed E-state index contributed by atoms with van der Waals surface area (Å²) in [7, 11) is 3.41. The second-order valence-corrected chi connectivity index (χ2v) is 6.01. The van der Waals surface area contributed by atoms with E-state index in [0.717, 1.165) is 35.1 Å². The number of hydrogen-bond acceptors (Lipinski definition) is 5. The van der Waals surface area contributed by atoms with Gasteiger partial charge in [-0.25, -0.2) is 4.98 Å². The molecular weight excluding hydrogens is 318 g/mol. The smallest absolute Gasteiger partial charge is 0.261 e. The number of hydrogen-bond donors (Lipinski definition) is 0. The average Bonchev–Trinajstić information content (AvgIpc) is 2.66. The summed E-state index contributed by atoms with van der Waals surface area (Å²) < 4.78 is 12.7. The largest absolute Gasteiger partial charge is 0.497 e. The molecular formula is C19H19N3O3. The highest BCUT2D eigenvalue weighted by Crippen LogP contribution is 2.35. The summed E-state index contributed by atoms with van der Waals surface area (Å²) in [4.78, 5) is 19.5. The van der Waals surface area contributed by atoms with E-state index in [1.165, 1.54) is 0 Å². The Balaban J connectivity index is 1.76. The van der Waals surface area contributed by atoms with Crippen LogP contribution < -0.4 is 19.9 Å². The Morgan fingerprint density at radius 1 is 1.24 bits per heavy atom. The van der Waals surface area contributed by atoms with Gasteiger partial charge in [0.2, 0.25) is 0 Å². The van der Waals surface area contributed by atoms with Gasteiger partial charge in [-0.3, -0.25) is 9.36 Å². The number of methoxy groups -OCH3 is 1. The molecule has 1 aromatic heterocycles. The van der Waals surface area contributed by atoms with Crippen molar-refractivity contribution in [2.75, 3.05) is 25.2 Å². The van der Waals surface area contributed by atoms with Gasteiger partial charge in [0, 0.05) is 13.1 Å². The summed E-state index contributed by atoms with van der Waals surface area (Å²) in [6.45, 7) is 1.85. The molecule has 0 fully saturated rings. The summed E-state index contributed by atoms with van der Waals surface area (Å²) in [6, 6.07) is 13.2. The van der Waals surface area contributed by atoms with Crippen molar-refractivity contribution in [3.05, 3.63) is 58.6 Å².